The second-order valence-electron chi connectivity index (χ2n) is 7.28. The number of amides is 2. The first-order valence-corrected chi connectivity index (χ1v) is 9.16. The number of anilines is 2. The van der Waals surface area contributed by atoms with Gasteiger partial charge in [0.25, 0.3) is 5.91 Å². The van der Waals surface area contributed by atoms with E-state index in [0.29, 0.717) is 23.7 Å². The third-order valence-corrected chi connectivity index (χ3v) is 4.62. The minimum absolute atomic E-state index is 0.0111. The van der Waals surface area contributed by atoms with Gasteiger partial charge in [0, 0.05) is 15.6 Å². The summed E-state index contributed by atoms with van der Waals surface area (Å²) in [4.78, 5) is 26.4. The number of fused-ring (bicyclic) bond motifs is 1. The maximum atomic E-state index is 12.4. The first kappa shape index (κ1) is 18.5. The Bertz CT molecular complexity index is 841. The van der Waals surface area contributed by atoms with Crippen molar-refractivity contribution >= 4 is 39.1 Å². The second-order valence-corrected chi connectivity index (χ2v) is 8.20. The lowest BCUT2D eigenvalue weighted by Gasteiger charge is -2.30. The Morgan fingerprint density at radius 3 is 2.54 bits per heavy atom. The first-order valence-electron chi connectivity index (χ1n) is 8.37. The first-order chi connectivity index (χ1) is 12.2. The average molecular weight is 417 g/mol. The zero-order valence-corrected chi connectivity index (χ0v) is 16.6. The fraction of sp³-hybridized carbons (Fsp3) is 0.300. The molecule has 1 aliphatic rings. The predicted octanol–water partition coefficient (Wildman–Crippen LogP) is 4.36. The van der Waals surface area contributed by atoms with Crippen LogP contribution in [0.25, 0.3) is 0 Å². The highest BCUT2D eigenvalue weighted by atomic mass is 79.9. The van der Waals surface area contributed by atoms with E-state index in [2.05, 4.69) is 21.2 Å². The molecule has 0 atom stereocenters. The summed E-state index contributed by atoms with van der Waals surface area (Å²) >= 11 is 3.42. The number of carbonyl (C=O) groups is 2. The van der Waals surface area contributed by atoms with E-state index in [1.54, 1.807) is 23.1 Å². The standard InChI is InChI=1S/C20H21BrN2O3/c1-20(2,3)19(25)22-15-8-9-17-16(10-15)23(18(24)12-26-17)11-13-4-6-14(21)7-5-13/h4-10H,11-12H2,1-3H3,(H,22,25). The van der Waals surface area contributed by atoms with Gasteiger partial charge in [-0.25, -0.2) is 0 Å². The monoisotopic (exact) mass is 416 g/mol. The van der Waals surface area contributed by atoms with E-state index >= 15 is 0 Å². The molecular formula is C20H21BrN2O3. The number of rotatable bonds is 3. The zero-order valence-electron chi connectivity index (χ0n) is 15.0. The van der Waals surface area contributed by atoms with E-state index in [4.69, 9.17) is 4.74 Å². The van der Waals surface area contributed by atoms with Crippen LogP contribution in [0.15, 0.2) is 46.9 Å². The maximum Gasteiger partial charge on any atom is 0.265 e. The summed E-state index contributed by atoms with van der Waals surface area (Å²) in [5.74, 6) is 0.440. The van der Waals surface area contributed by atoms with Crippen molar-refractivity contribution in [1.82, 2.24) is 0 Å². The molecule has 0 saturated heterocycles. The molecule has 0 unspecified atom stereocenters. The Hall–Kier alpha value is -2.34. The molecule has 0 spiro atoms. The molecule has 0 radical (unpaired) electrons. The van der Waals surface area contributed by atoms with E-state index in [0.717, 1.165) is 10.0 Å². The molecular weight excluding hydrogens is 396 g/mol. The molecule has 26 heavy (non-hydrogen) atoms. The van der Waals surface area contributed by atoms with Crippen LogP contribution in [0, 0.1) is 5.41 Å². The van der Waals surface area contributed by atoms with Gasteiger partial charge in [0.05, 0.1) is 12.2 Å². The van der Waals surface area contributed by atoms with Gasteiger partial charge in [-0.3, -0.25) is 9.59 Å². The predicted molar refractivity (Wildman–Crippen MR) is 105 cm³/mol. The lowest BCUT2D eigenvalue weighted by molar-refractivity contribution is -0.123. The van der Waals surface area contributed by atoms with E-state index in [1.807, 2.05) is 45.0 Å². The fourth-order valence-electron chi connectivity index (χ4n) is 2.54. The molecule has 2 aromatic rings. The van der Waals surface area contributed by atoms with Gasteiger partial charge in [0.1, 0.15) is 5.75 Å². The highest BCUT2D eigenvalue weighted by Crippen LogP contribution is 2.36. The lowest BCUT2D eigenvalue weighted by Crippen LogP contribution is -2.38. The summed E-state index contributed by atoms with van der Waals surface area (Å²) in [6.07, 6.45) is 0. The van der Waals surface area contributed by atoms with E-state index < -0.39 is 5.41 Å². The molecule has 136 valence electrons. The van der Waals surface area contributed by atoms with Crippen LogP contribution < -0.4 is 15.0 Å². The fourth-order valence-corrected chi connectivity index (χ4v) is 2.81. The van der Waals surface area contributed by atoms with Crippen molar-refractivity contribution in [3.63, 3.8) is 0 Å². The topological polar surface area (TPSA) is 58.6 Å². The van der Waals surface area contributed by atoms with Crippen molar-refractivity contribution in [2.75, 3.05) is 16.8 Å². The van der Waals surface area contributed by atoms with Gasteiger partial charge in [-0.15, -0.1) is 0 Å². The van der Waals surface area contributed by atoms with Crippen molar-refractivity contribution in [1.29, 1.82) is 0 Å². The highest BCUT2D eigenvalue weighted by molar-refractivity contribution is 9.10. The van der Waals surface area contributed by atoms with Gasteiger partial charge in [0.15, 0.2) is 6.61 Å². The molecule has 0 aromatic heterocycles. The summed E-state index contributed by atoms with van der Waals surface area (Å²) in [6, 6.07) is 13.2. The van der Waals surface area contributed by atoms with Crippen molar-refractivity contribution < 1.29 is 14.3 Å². The van der Waals surface area contributed by atoms with Crippen LogP contribution in [0.4, 0.5) is 11.4 Å². The Morgan fingerprint density at radius 1 is 1.19 bits per heavy atom. The molecule has 1 heterocycles. The van der Waals surface area contributed by atoms with Gasteiger partial charge >= 0.3 is 0 Å². The van der Waals surface area contributed by atoms with Crippen LogP contribution in [-0.4, -0.2) is 18.4 Å². The van der Waals surface area contributed by atoms with Crippen LogP contribution in [0.5, 0.6) is 5.75 Å². The lowest BCUT2D eigenvalue weighted by atomic mass is 9.95. The van der Waals surface area contributed by atoms with Crippen molar-refractivity contribution in [3.8, 4) is 5.75 Å². The largest absolute Gasteiger partial charge is 0.482 e. The van der Waals surface area contributed by atoms with Crippen LogP contribution >= 0.6 is 15.9 Å². The smallest absolute Gasteiger partial charge is 0.265 e. The molecule has 1 aliphatic heterocycles. The molecule has 1 N–H and O–H groups in total. The summed E-state index contributed by atoms with van der Waals surface area (Å²) in [6.45, 7) is 6.02. The summed E-state index contributed by atoms with van der Waals surface area (Å²) in [7, 11) is 0. The van der Waals surface area contributed by atoms with Crippen LogP contribution in [0.3, 0.4) is 0 Å². The van der Waals surface area contributed by atoms with Crippen molar-refractivity contribution in [3.05, 3.63) is 52.5 Å². The number of nitrogens with zero attached hydrogens (tertiary/aromatic N) is 1. The number of halogens is 1. The molecule has 2 aromatic carbocycles. The van der Waals surface area contributed by atoms with E-state index in [-0.39, 0.29) is 18.4 Å². The second kappa shape index (κ2) is 7.11. The van der Waals surface area contributed by atoms with Crippen molar-refractivity contribution in [2.45, 2.75) is 27.3 Å². The van der Waals surface area contributed by atoms with Crippen LogP contribution in [0.1, 0.15) is 26.3 Å². The van der Waals surface area contributed by atoms with E-state index in [9.17, 15) is 9.59 Å². The number of hydrogen-bond acceptors (Lipinski definition) is 3. The Balaban J connectivity index is 1.89. The molecule has 2 amide bonds. The normalized spacial score (nSPS) is 13.8. The third kappa shape index (κ3) is 4.07. The third-order valence-electron chi connectivity index (χ3n) is 4.09. The molecule has 5 nitrogen and oxygen atoms in total. The number of nitrogens with one attached hydrogen (secondary N) is 1. The van der Waals surface area contributed by atoms with E-state index in [1.165, 1.54) is 0 Å². The maximum absolute atomic E-state index is 12.4. The Morgan fingerprint density at radius 2 is 1.88 bits per heavy atom. The molecule has 0 bridgehead atoms. The summed E-state index contributed by atoms with van der Waals surface area (Å²) in [5, 5.41) is 2.90. The van der Waals surface area contributed by atoms with Gasteiger partial charge in [-0.1, -0.05) is 48.8 Å². The van der Waals surface area contributed by atoms with Gasteiger partial charge in [0.2, 0.25) is 5.91 Å². The number of carbonyl (C=O) groups excluding carboxylic acids is 2. The van der Waals surface area contributed by atoms with Gasteiger partial charge in [-0.05, 0) is 35.9 Å². The zero-order chi connectivity index (χ0) is 18.9. The summed E-state index contributed by atoms with van der Waals surface area (Å²) in [5.41, 5.74) is 1.82. The van der Waals surface area contributed by atoms with Gasteiger partial charge in [-0.2, -0.15) is 0 Å². The minimum Gasteiger partial charge on any atom is -0.482 e. The quantitative estimate of drug-likeness (QED) is 0.808. The Labute approximate surface area is 161 Å². The Kier molecular flexibility index (Phi) is 5.05. The molecule has 6 heteroatoms. The molecule has 0 aliphatic carbocycles. The van der Waals surface area contributed by atoms with Crippen molar-refractivity contribution in [2.24, 2.45) is 5.41 Å². The van der Waals surface area contributed by atoms with Crippen LogP contribution in [-0.2, 0) is 16.1 Å². The minimum atomic E-state index is -0.501. The van der Waals surface area contributed by atoms with Crippen LogP contribution in [0.2, 0.25) is 0 Å². The number of benzene rings is 2. The highest BCUT2D eigenvalue weighted by Gasteiger charge is 2.27. The molecule has 3 rings (SSSR count). The number of hydrogen-bond donors (Lipinski definition) is 1. The molecule has 0 saturated carbocycles. The summed E-state index contributed by atoms with van der Waals surface area (Å²) < 4.78 is 6.53. The van der Waals surface area contributed by atoms with Gasteiger partial charge < -0.3 is 15.0 Å². The SMILES string of the molecule is CC(C)(C)C(=O)Nc1ccc2c(c1)N(Cc1ccc(Br)cc1)C(=O)CO2. The molecule has 0 fully saturated rings. The average Bonchev–Trinajstić information content (AvgIpc) is 2.58. The number of ether oxygens (including phenoxy) is 1.